The topological polar surface area (TPSA) is 20.3 Å². The molecular formula is C24H24NOP. The number of nitrogens with zero attached hydrogens (tertiary/aromatic N) is 1. The molecule has 1 aliphatic heterocycles. The Morgan fingerprint density at radius 2 is 1.33 bits per heavy atom. The molecule has 136 valence electrons. The number of likely N-dealkylation sites (tertiary alicyclic amines) is 1. The first-order valence-electron chi connectivity index (χ1n) is 9.56. The summed E-state index contributed by atoms with van der Waals surface area (Å²) >= 11 is 0. The van der Waals surface area contributed by atoms with E-state index in [1.165, 1.54) is 10.6 Å². The fourth-order valence-electron chi connectivity index (χ4n) is 3.83. The molecule has 1 aliphatic rings. The van der Waals surface area contributed by atoms with Crippen LogP contribution in [0.15, 0.2) is 91.0 Å². The molecule has 0 aromatic heterocycles. The Balaban J connectivity index is 1.60. The Bertz CT molecular complexity index is 827. The van der Waals surface area contributed by atoms with Gasteiger partial charge in [0, 0.05) is 18.2 Å². The van der Waals surface area contributed by atoms with Gasteiger partial charge >= 0.3 is 0 Å². The summed E-state index contributed by atoms with van der Waals surface area (Å²) < 4.78 is 0. The zero-order valence-corrected chi connectivity index (χ0v) is 16.3. The average Bonchev–Trinajstić information content (AvgIpc) is 3.21. The first-order chi connectivity index (χ1) is 13.3. The second-order valence-corrected chi connectivity index (χ2v) is 9.20. The standard InChI is InChI=1S/C24H24NOP/c26-24(20-11-4-1-5-12-20)25-18-10-13-21(25)19-27(22-14-6-2-7-15-22)23-16-8-3-9-17-23/h1-9,11-12,14-17,21H,10,13,18-19H2/t21-/m0/s1. The third kappa shape index (κ3) is 4.12. The lowest BCUT2D eigenvalue weighted by Gasteiger charge is -2.29. The number of rotatable bonds is 5. The maximum Gasteiger partial charge on any atom is 0.254 e. The van der Waals surface area contributed by atoms with Crippen LogP contribution in [-0.4, -0.2) is 29.6 Å². The normalized spacial score (nSPS) is 16.6. The van der Waals surface area contributed by atoms with E-state index in [2.05, 4.69) is 65.6 Å². The highest BCUT2D eigenvalue weighted by atomic mass is 31.1. The Hall–Kier alpha value is -2.44. The zero-order chi connectivity index (χ0) is 18.5. The van der Waals surface area contributed by atoms with Crippen molar-refractivity contribution in [2.75, 3.05) is 12.7 Å². The third-order valence-electron chi connectivity index (χ3n) is 5.19. The van der Waals surface area contributed by atoms with Crippen LogP contribution < -0.4 is 10.6 Å². The van der Waals surface area contributed by atoms with E-state index in [0.29, 0.717) is 6.04 Å². The molecule has 1 amide bonds. The fraction of sp³-hybridized carbons (Fsp3) is 0.208. The molecule has 1 atom stereocenters. The summed E-state index contributed by atoms with van der Waals surface area (Å²) in [5.74, 6) is 0.175. The van der Waals surface area contributed by atoms with Crippen LogP contribution in [0.2, 0.25) is 0 Å². The molecule has 3 aromatic carbocycles. The van der Waals surface area contributed by atoms with Crippen molar-refractivity contribution in [1.82, 2.24) is 4.90 Å². The largest absolute Gasteiger partial charge is 0.335 e. The van der Waals surface area contributed by atoms with E-state index in [1.54, 1.807) is 0 Å². The van der Waals surface area contributed by atoms with Crippen LogP contribution in [0, 0.1) is 0 Å². The molecule has 0 unspecified atom stereocenters. The Labute approximate surface area is 162 Å². The molecule has 0 spiro atoms. The minimum Gasteiger partial charge on any atom is -0.335 e. The summed E-state index contributed by atoms with van der Waals surface area (Å²) in [6.45, 7) is 0.866. The van der Waals surface area contributed by atoms with Gasteiger partial charge in [0.2, 0.25) is 0 Å². The number of carbonyl (C=O) groups is 1. The minimum absolute atomic E-state index is 0.175. The first-order valence-corrected chi connectivity index (χ1v) is 11.1. The average molecular weight is 373 g/mol. The van der Waals surface area contributed by atoms with E-state index in [9.17, 15) is 4.79 Å². The van der Waals surface area contributed by atoms with Crippen LogP contribution in [0.25, 0.3) is 0 Å². The molecule has 0 bridgehead atoms. The van der Waals surface area contributed by atoms with Crippen molar-refractivity contribution in [3.8, 4) is 0 Å². The molecule has 0 aliphatic carbocycles. The monoisotopic (exact) mass is 373 g/mol. The Morgan fingerprint density at radius 1 is 0.815 bits per heavy atom. The van der Waals surface area contributed by atoms with Crippen LogP contribution in [0.4, 0.5) is 0 Å². The van der Waals surface area contributed by atoms with Crippen LogP contribution in [0.3, 0.4) is 0 Å². The summed E-state index contributed by atoms with van der Waals surface area (Å²) in [4.78, 5) is 15.2. The van der Waals surface area contributed by atoms with E-state index in [0.717, 1.165) is 31.1 Å². The predicted octanol–water partition coefficient (Wildman–Crippen LogP) is 4.42. The molecule has 3 aromatic rings. The van der Waals surface area contributed by atoms with Gasteiger partial charge in [0.25, 0.3) is 5.91 Å². The number of amides is 1. The molecule has 1 saturated heterocycles. The molecule has 0 N–H and O–H groups in total. The molecule has 27 heavy (non-hydrogen) atoms. The lowest BCUT2D eigenvalue weighted by Crippen LogP contribution is -2.38. The molecule has 1 heterocycles. The zero-order valence-electron chi connectivity index (χ0n) is 15.4. The summed E-state index contributed by atoms with van der Waals surface area (Å²) in [6.07, 6.45) is 3.22. The van der Waals surface area contributed by atoms with Gasteiger partial charge in [-0.15, -0.1) is 0 Å². The van der Waals surface area contributed by atoms with E-state index >= 15 is 0 Å². The van der Waals surface area contributed by atoms with Crippen molar-refractivity contribution in [2.24, 2.45) is 0 Å². The van der Waals surface area contributed by atoms with Gasteiger partial charge in [0.1, 0.15) is 0 Å². The molecule has 1 fully saturated rings. The van der Waals surface area contributed by atoms with Crippen molar-refractivity contribution < 1.29 is 4.79 Å². The third-order valence-corrected chi connectivity index (χ3v) is 7.82. The number of carbonyl (C=O) groups excluding carboxylic acids is 1. The SMILES string of the molecule is O=C(c1ccccc1)N1CCC[C@H]1CP(c1ccccc1)c1ccccc1. The lowest BCUT2D eigenvalue weighted by atomic mass is 10.2. The molecule has 0 saturated carbocycles. The summed E-state index contributed by atoms with van der Waals surface area (Å²) in [5.41, 5.74) is 0.799. The second kappa shape index (κ2) is 8.50. The Morgan fingerprint density at radius 3 is 1.89 bits per heavy atom. The van der Waals surface area contributed by atoms with Gasteiger partial charge in [-0.3, -0.25) is 4.79 Å². The number of benzene rings is 3. The highest BCUT2D eigenvalue weighted by Gasteiger charge is 2.32. The molecule has 3 heteroatoms. The summed E-state index contributed by atoms with van der Waals surface area (Å²) in [5, 5.41) is 2.77. The summed E-state index contributed by atoms with van der Waals surface area (Å²) in [6, 6.07) is 31.6. The van der Waals surface area contributed by atoms with Crippen LogP contribution in [0.1, 0.15) is 23.2 Å². The quantitative estimate of drug-likeness (QED) is 0.606. The molecule has 4 rings (SSSR count). The molecular weight excluding hydrogens is 349 g/mol. The van der Waals surface area contributed by atoms with Crippen molar-refractivity contribution >= 4 is 24.4 Å². The van der Waals surface area contributed by atoms with E-state index in [4.69, 9.17) is 0 Å². The summed E-state index contributed by atoms with van der Waals surface area (Å²) in [7, 11) is -0.476. The van der Waals surface area contributed by atoms with Gasteiger partial charge < -0.3 is 4.90 Å². The van der Waals surface area contributed by atoms with Crippen molar-refractivity contribution in [2.45, 2.75) is 18.9 Å². The van der Waals surface area contributed by atoms with Gasteiger partial charge in [-0.2, -0.15) is 0 Å². The smallest absolute Gasteiger partial charge is 0.254 e. The number of hydrogen-bond acceptors (Lipinski definition) is 1. The van der Waals surface area contributed by atoms with E-state index in [1.807, 2.05) is 30.3 Å². The maximum absolute atomic E-state index is 13.0. The molecule has 0 radical (unpaired) electrons. The number of hydrogen-bond donors (Lipinski definition) is 0. The maximum atomic E-state index is 13.0. The van der Waals surface area contributed by atoms with E-state index < -0.39 is 7.92 Å². The molecule has 2 nitrogen and oxygen atoms in total. The van der Waals surface area contributed by atoms with Crippen molar-refractivity contribution in [1.29, 1.82) is 0 Å². The van der Waals surface area contributed by atoms with Gasteiger partial charge in [-0.1, -0.05) is 78.9 Å². The highest BCUT2D eigenvalue weighted by molar-refractivity contribution is 7.73. The lowest BCUT2D eigenvalue weighted by molar-refractivity contribution is 0.0749. The van der Waals surface area contributed by atoms with E-state index in [-0.39, 0.29) is 5.91 Å². The van der Waals surface area contributed by atoms with Crippen LogP contribution in [-0.2, 0) is 0 Å². The predicted molar refractivity (Wildman–Crippen MR) is 114 cm³/mol. The van der Waals surface area contributed by atoms with Crippen LogP contribution >= 0.6 is 7.92 Å². The van der Waals surface area contributed by atoms with Crippen molar-refractivity contribution in [3.63, 3.8) is 0 Å². The highest BCUT2D eigenvalue weighted by Crippen LogP contribution is 2.38. The fourth-order valence-corrected chi connectivity index (χ4v) is 6.41. The minimum atomic E-state index is -0.476. The van der Waals surface area contributed by atoms with Gasteiger partial charge in [-0.05, 0) is 49.7 Å². The first kappa shape index (κ1) is 17.9. The van der Waals surface area contributed by atoms with Crippen LogP contribution in [0.5, 0.6) is 0 Å². The van der Waals surface area contributed by atoms with Gasteiger partial charge in [0.15, 0.2) is 0 Å². The van der Waals surface area contributed by atoms with Gasteiger partial charge in [0.05, 0.1) is 0 Å². The van der Waals surface area contributed by atoms with Gasteiger partial charge in [-0.25, -0.2) is 0 Å². The second-order valence-electron chi connectivity index (χ2n) is 6.94. The van der Waals surface area contributed by atoms with Crippen molar-refractivity contribution in [3.05, 3.63) is 96.6 Å². The Kier molecular flexibility index (Phi) is 5.65.